The van der Waals surface area contributed by atoms with Crippen LogP contribution >= 0.6 is 23.2 Å². The molecule has 0 amide bonds. The van der Waals surface area contributed by atoms with Gasteiger partial charge in [-0.05, 0) is 35.0 Å². The third-order valence-electron chi connectivity index (χ3n) is 2.46. The summed E-state index contributed by atoms with van der Waals surface area (Å²) in [6.07, 6.45) is 0. The first kappa shape index (κ1) is 12.9. The molecule has 0 N–H and O–H groups in total. The highest BCUT2D eigenvalue weighted by Gasteiger charge is 1.85. The van der Waals surface area contributed by atoms with E-state index in [-0.39, 0.29) is 0 Å². The number of hydrogen-bond acceptors (Lipinski definition) is 0. The Labute approximate surface area is 117 Å². The molecule has 0 atom stereocenters. The molecule has 0 saturated carbocycles. The summed E-state index contributed by atoms with van der Waals surface area (Å²) in [5, 5.41) is 4.05. The molecule has 18 heavy (non-hydrogen) atoms. The standard InChI is InChI=1S/C10H8.C6H4Cl2/c1-2-6-10-8-4-3-7-9(10)5-1;7-5-1-2-6(8)4-3-5/h1-8H;1-4H. The van der Waals surface area contributed by atoms with Gasteiger partial charge in [0.25, 0.3) is 0 Å². The Morgan fingerprint density at radius 2 is 0.722 bits per heavy atom. The van der Waals surface area contributed by atoms with Crippen LogP contribution in [0.2, 0.25) is 10.0 Å². The van der Waals surface area contributed by atoms with Crippen LogP contribution in [0.25, 0.3) is 10.8 Å². The van der Waals surface area contributed by atoms with Crippen molar-refractivity contribution in [2.24, 2.45) is 0 Å². The minimum Gasteiger partial charge on any atom is -0.0843 e. The van der Waals surface area contributed by atoms with Gasteiger partial charge < -0.3 is 0 Å². The molecule has 2 heteroatoms. The summed E-state index contributed by atoms with van der Waals surface area (Å²) in [6, 6.07) is 23.7. The minimum absolute atomic E-state index is 0.717. The van der Waals surface area contributed by atoms with Crippen molar-refractivity contribution in [3.05, 3.63) is 82.8 Å². The van der Waals surface area contributed by atoms with Gasteiger partial charge in [-0.15, -0.1) is 0 Å². The summed E-state index contributed by atoms with van der Waals surface area (Å²) in [4.78, 5) is 0. The van der Waals surface area contributed by atoms with Gasteiger partial charge in [0.15, 0.2) is 0 Å². The van der Waals surface area contributed by atoms with Crippen molar-refractivity contribution in [1.29, 1.82) is 0 Å². The highest BCUT2D eigenvalue weighted by atomic mass is 35.5. The van der Waals surface area contributed by atoms with Crippen LogP contribution in [0.5, 0.6) is 0 Å². The summed E-state index contributed by atoms with van der Waals surface area (Å²) in [6.45, 7) is 0. The van der Waals surface area contributed by atoms with Gasteiger partial charge in [-0.3, -0.25) is 0 Å². The molecule has 3 aromatic rings. The van der Waals surface area contributed by atoms with E-state index in [2.05, 4.69) is 48.5 Å². The van der Waals surface area contributed by atoms with Crippen LogP contribution in [0.4, 0.5) is 0 Å². The molecule has 3 rings (SSSR count). The second-order valence-electron chi connectivity index (χ2n) is 3.78. The Balaban J connectivity index is 0.000000138. The number of hydrogen-bond donors (Lipinski definition) is 0. The van der Waals surface area contributed by atoms with E-state index in [0.29, 0.717) is 0 Å². The summed E-state index contributed by atoms with van der Waals surface area (Å²) < 4.78 is 0. The zero-order valence-electron chi connectivity index (χ0n) is 9.68. The molecule has 0 spiro atoms. The summed E-state index contributed by atoms with van der Waals surface area (Å²) in [5.74, 6) is 0. The van der Waals surface area contributed by atoms with Crippen LogP contribution in [0, 0.1) is 0 Å². The lowest BCUT2D eigenvalue weighted by atomic mass is 10.1. The third kappa shape index (κ3) is 3.76. The van der Waals surface area contributed by atoms with Gasteiger partial charge in [-0.25, -0.2) is 0 Å². The van der Waals surface area contributed by atoms with Gasteiger partial charge in [-0.1, -0.05) is 71.7 Å². The average Bonchev–Trinajstić information content (AvgIpc) is 2.43. The molecule has 0 unspecified atom stereocenters. The minimum atomic E-state index is 0.717. The maximum absolute atomic E-state index is 5.55. The molecule has 0 heterocycles. The molecule has 3 aromatic carbocycles. The maximum atomic E-state index is 5.55. The molecule has 0 aliphatic rings. The molecular formula is C16H12Cl2. The molecule has 0 aromatic heterocycles. The number of fused-ring (bicyclic) bond motifs is 1. The molecule has 0 aliphatic heterocycles. The summed E-state index contributed by atoms with van der Waals surface area (Å²) in [5.41, 5.74) is 0. The number of halogens is 2. The molecule has 0 nitrogen and oxygen atoms in total. The van der Waals surface area contributed by atoms with Gasteiger partial charge in [0.2, 0.25) is 0 Å². The van der Waals surface area contributed by atoms with Gasteiger partial charge in [0.1, 0.15) is 0 Å². The first-order chi connectivity index (χ1) is 8.75. The molecule has 0 fully saturated rings. The predicted octanol–water partition coefficient (Wildman–Crippen LogP) is 5.83. The van der Waals surface area contributed by atoms with E-state index in [0.717, 1.165) is 10.0 Å². The molecule has 0 saturated heterocycles. The number of rotatable bonds is 0. The van der Waals surface area contributed by atoms with Gasteiger partial charge in [0.05, 0.1) is 0 Å². The topological polar surface area (TPSA) is 0 Å². The molecule has 90 valence electrons. The van der Waals surface area contributed by atoms with Crippen molar-refractivity contribution in [3.8, 4) is 0 Å². The third-order valence-corrected chi connectivity index (χ3v) is 2.97. The lowest BCUT2D eigenvalue weighted by Gasteiger charge is -1.92. The van der Waals surface area contributed by atoms with E-state index in [1.54, 1.807) is 24.3 Å². The quantitative estimate of drug-likeness (QED) is 0.484. The fourth-order valence-corrected chi connectivity index (χ4v) is 1.81. The maximum Gasteiger partial charge on any atom is 0.0407 e. The highest BCUT2D eigenvalue weighted by Crippen LogP contribution is 2.12. The van der Waals surface area contributed by atoms with E-state index in [9.17, 15) is 0 Å². The lowest BCUT2D eigenvalue weighted by molar-refractivity contribution is 1.71. The van der Waals surface area contributed by atoms with Gasteiger partial charge in [0, 0.05) is 10.0 Å². The van der Waals surface area contributed by atoms with Crippen molar-refractivity contribution in [2.45, 2.75) is 0 Å². The average molecular weight is 275 g/mol. The molecule has 0 bridgehead atoms. The molecule has 0 aliphatic carbocycles. The van der Waals surface area contributed by atoms with E-state index in [1.165, 1.54) is 10.8 Å². The Morgan fingerprint density at radius 3 is 1.00 bits per heavy atom. The Hall–Kier alpha value is -1.50. The van der Waals surface area contributed by atoms with Crippen molar-refractivity contribution in [3.63, 3.8) is 0 Å². The van der Waals surface area contributed by atoms with Crippen LogP contribution in [0.3, 0.4) is 0 Å². The van der Waals surface area contributed by atoms with Crippen LogP contribution in [0.15, 0.2) is 72.8 Å². The van der Waals surface area contributed by atoms with Crippen molar-refractivity contribution >= 4 is 34.0 Å². The van der Waals surface area contributed by atoms with E-state index >= 15 is 0 Å². The Bertz CT molecular complexity index is 529. The summed E-state index contributed by atoms with van der Waals surface area (Å²) >= 11 is 11.1. The first-order valence-electron chi connectivity index (χ1n) is 5.60. The lowest BCUT2D eigenvalue weighted by Crippen LogP contribution is -1.67. The monoisotopic (exact) mass is 274 g/mol. The van der Waals surface area contributed by atoms with Crippen LogP contribution in [-0.4, -0.2) is 0 Å². The first-order valence-corrected chi connectivity index (χ1v) is 6.36. The largest absolute Gasteiger partial charge is 0.0843 e. The predicted molar refractivity (Wildman–Crippen MR) is 80.4 cm³/mol. The van der Waals surface area contributed by atoms with Gasteiger partial charge >= 0.3 is 0 Å². The van der Waals surface area contributed by atoms with Crippen LogP contribution in [0.1, 0.15) is 0 Å². The van der Waals surface area contributed by atoms with Gasteiger partial charge in [-0.2, -0.15) is 0 Å². The Morgan fingerprint density at radius 1 is 0.444 bits per heavy atom. The fraction of sp³-hybridized carbons (Fsp3) is 0. The second-order valence-corrected chi connectivity index (χ2v) is 4.66. The fourth-order valence-electron chi connectivity index (χ4n) is 1.56. The molecule has 0 radical (unpaired) electrons. The Kier molecular flexibility index (Phi) is 4.63. The van der Waals surface area contributed by atoms with E-state index < -0.39 is 0 Å². The summed E-state index contributed by atoms with van der Waals surface area (Å²) in [7, 11) is 0. The van der Waals surface area contributed by atoms with Crippen molar-refractivity contribution < 1.29 is 0 Å². The zero-order chi connectivity index (χ0) is 12.8. The highest BCUT2D eigenvalue weighted by molar-refractivity contribution is 6.32. The SMILES string of the molecule is Clc1ccc(Cl)cc1.c1ccc2ccccc2c1. The van der Waals surface area contributed by atoms with Crippen LogP contribution < -0.4 is 0 Å². The number of benzene rings is 3. The van der Waals surface area contributed by atoms with Crippen LogP contribution in [-0.2, 0) is 0 Å². The zero-order valence-corrected chi connectivity index (χ0v) is 11.2. The smallest absolute Gasteiger partial charge is 0.0407 e. The van der Waals surface area contributed by atoms with E-state index in [4.69, 9.17) is 23.2 Å². The van der Waals surface area contributed by atoms with E-state index in [1.807, 2.05) is 0 Å². The van der Waals surface area contributed by atoms with Crippen molar-refractivity contribution in [2.75, 3.05) is 0 Å². The second kappa shape index (κ2) is 6.44. The molecular weight excluding hydrogens is 263 g/mol. The normalized spacial score (nSPS) is 9.67. The van der Waals surface area contributed by atoms with Crippen molar-refractivity contribution in [1.82, 2.24) is 0 Å².